The Balaban J connectivity index is 0.000000114. The molecule has 2 atom stereocenters. The topological polar surface area (TPSA) is 58.6 Å². The fraction of sp³-hybridized carbons (Fsp3) is 0.191. The van der Waals surface area contributed by atoms with Gasteiger partial charge in [0.15, 0.2) is 0 Å². The smallest absolute Gasteiger partial charge is 0.260 e. The third-order valence-corrected chi connectivity index (χ3v) is 32.7. The van der Waals surface area contributed by atoms with E-state index in [1.807, 2.05) is 0 Å². The largest absolute Gasteiger partial charge is 0.458 e. The molecule has 7 nitrogen and oxygen atoms in total. The van der Waals surface area contributed by atoms with Crippen LogP contribution in [-0.2, 0) is 10.8 Å². The maximum absolute atomic E-state index is 6.92. The van der Waals surface area contributed by atoms with Crippen LogP contribution >= 0.6 is 0 Å². The van der Waals surface area contributed by atoms with Gasteiger partial charge in [0, 0.05) is 62.6 Å². The summed E-state index contributed by atoms with van der Waals surface area (Å²) in [5, 5.41) is 4.81. The zero-order chi connectivity index (χ0) is 99.7. The standard InChI is InChI=1S/2C46H41BO2.C44H36BNO2/c1-27(2)30-17-20-40-38(23-30)47-39-24-31(28(3)4)18-21-41(39)49-43-26-33(25-42(48-40)45(43)47)44(29-12-8-7-9-13-29)32-16-19-35-34-14-10-11-15-36(34)46(5,6)37(35)22-32;1-27(2)30-17-20-38-40(23-30)48-42-25-33(26-43-45(42)47(38)39-21-18-31(28(3)4)24-41(39)49-43)44(29-12-8-7-9-13-29)32-16-19-35-34-14-10-11-15-36(34)46(5,6)37(35)22-32;1-27(2)31-15-19-40-38(23-31)45-39-24-32(28(3)4)16-20-41(39)48-43-26-37(25-42(47-40)44(43)45)46(35-17-13-29-9-5-7-11-33(29)21-35)36-18-14-30-10-6-8-12-34(30)22-36/h2*7-28,44H,1-6H3;5-28H,1-4H3. The molecular weight excluding hydrogens is 1780 g/mol. The summed E-state index contributed by atoms with van der Waals surface area (Å²) in [5.74, 6) is 13.3. The van der Waals surface area contributed by atoms with Gasteiger partial charge in [-0.25, -0.2) is 0 Å². The number of nitrogens with zero attached hydrogens (tertiary/aromatic N) is 1. The molecule has 0 fully saturated rings. The summed E-state index contributed by atoms with van der Waals surface area (Å²) in [5.41, 5.74) is 39.6. The number of ether oxygens (including phenoxy) is 6. The lowest BCUT2D eigenvalue weighted by Crippen LogP contribution is -2.57. The van der Waals surface area contributed by atoms with Gasteiger partial charge in [0.1, 0.15) is 69.0 Å². The fourth-order valence-electron chi connectivity index (χ4n) is 24.6. The third kappa shape index (κ3) is 15.6. The number of fused-ring (bicyclic) bond motifs is 20. The lowest BCUT2D eigenvalue weighted by molar-refractivity contribution is 0.461. The zero-order valence-corrected chi connectivity index (χ0v) is 86.0. The molecule has 712 valence electrons. The molecule has 6 heterocycles. The lowest BCUT2D eigenvalue weighted by Gasteiger charge is -2.35. The highest BCUT2D eigenvalue weighted by atomic mass is 16.5. The first-order valence-corrected chi connectivity index (χ1v) is 52.6. The predicted octanol–water partition coefficient (Wildman–Crippen LogP) is 30.7. The Morgan fingerprint density at radius 2 is 0.459 bits per heavy atom. The average Bonchev–Trinajstić information content (AvgIpc) is 0.921. The highest BCUT2D eigenvalue weighted by Gasteiger charge is 2.47. The molecule has 0 spiro atoms. The van der Waals surface area contributed by atoms with Crippen molar-refractivity contribution in [1.29, 1.82) is 0 Å². The molecule has 19 aromatic carbocycles. The first kappa shape index (κ1) is 91.7. The minimum atomic E-state index is -0.0832. The molecule has 2 unspecified atom stereocenters. The molecule has 2 aliphatic carbocycles. The maximum atomic E-state index is 6.92. The SMILES string of the molecule is CC(C)c1ccc2c(c1)B1c3cc(C(C)C)ccc3Oc3cc(C(c4ccccc4)c4ccc5c(c4)C(C)(C)c4ccccc4-5)cc(c31)O2.CC(C)c1ccc2c(c1)B1c3cc(C(C)C)ccc3Oc3cc(N(c4ccc5ccccc5c4)c4ccc5ccccc5c4)cc(c31)O2.CC(C)c1ccc2c(c1)Oc1cc(C(c3ccccc3)c3ccc4c(c3)C(C)(C)c3ccccc3-4)cc3c1B2c1ccc(C(C)C)cc1O3. The molecule has 0 N–H and O–H groups in total. The van der Waals surface area contributed by atoms with Gasteiger partial charge in [0.25, 0.3) is 20.1 Å². The van der Waals surface area contributed by atoms with E-state index < -0.39 is 0 Å². The van der Waals surface area contributed by atoms with Gasteiger partial charge < -0.3 is 33.3 Å². The van der Waals surface area contributed by atoms with E-state index >= 15 is 0 Å². The number of benzene rings is 19. The van der Waals surface area contributed by atoms with E-state index in [9.17, 15) is 0 Å². The van der Waals surface area contributed by atoms with E-state index in [1.54, 1.807) is 0 Å². The quantitative estimate of drug-likeness (QED) is 0.0749. The van der Waals surface area contributed by atoms with Gasteiger partial charge in [0.2, 0.25) is 0 Å². The maximum Gasteiger partial charge on any atom is 0.260 e. The van der Waals surface area contributed by atoms with Crippen LogP contribution in [0, 0.1) is 0 Å². The molecule has 19 aromatic rings. The first-order chi connectivity index (χ1) is 70.8. The first-order valence-electron chi connectivity index (χ1n) is 52.6. The Labute approximate surface area is 860 Å². The number of rotatable bonds is 15. The Morgan fingerprint density at radius 1 is 0.185 bits per heavy atom. The van der Waals surface area contributed by atoms with Crippen LogP contribution < -0.4 is 82.5 Å². The Hall–Kier alpha value is -15.5. The molecule has 146 heavy (non-hydrogen) atoms. The van der Waals surface area contributed by atoms with Gasteiger partial charge in [-0.05, 0) is 286 Å². The van der Waals surface area contributed by atoms with Crippen molar-refractivity contribution in [2.45, 2.75) is 169 Å². The molecule has 0 aromatic heterocycles. The van der Waals surface area contributed by atoms with Crippen molar-refractivity contribution in [3.8, 4) is 91.2 Å². The van der Waals surface area contributed by atoms with E-state index in [0.717, 1.165) is 108 Å². The van der Waals surface area contributed by atoms with Crippen molar-refractivity contribution in [1.82, 2.24) is 0 Å². The van der Waals surface area contributed by atoms with Crippen LogP contribution in [0.5, 0.6) is 69.0 Å². The third-order valence-electron chi connectivity index (χ3n) is 32.7. The molecule has 0 amide bonds. The number of hydrogen-bond acceptors (Lipinski definition) is 7. The zero-order valence-electron chi connectivity index (χ0n) is 86.0. The molecule has 8 aliphatic rings. The molecule has 0 radical (unpaired) electrons. The van der Waals surface area contributed by atoms with Crippen LogP contribution in [0.15, 0.2) is 376 Å². The van der Waals surface area contributed by atoms with E-state index in [1.165, 1.54) is 160 Å². The van der Waals surface area contributed by atoms with E-state index in [-0.39, 0.29) is 42.8 Å². The van der Waals surface area contributed by atoms with E-state index in [2.05, 4.69) is 492 Å². The van der Waals surface area contributed by atoms with Gasteiger partial charge >= 0.3 is 0 Å². The van der Waals surface area contributed by atoms with Crippen LogP contribution in [0.2, 0.25) is 0 Å². The van der Waals surface area contributed by atoms with Crippen LogP contribution in [0.1, 0.15) is 247 Å². The van der Waals surface area contributed by atoms with Crippen LogP contribution in [0.25, 0.3) is 43.8 Å². The minimum absolute atomic E-state index is 0.00681. The molecule has 10 heteroatoms. The van der Waals surface area contributed by atoms with Crippen molar-refractivity contribution >= 4 is 108 Å². The average molecular weight is 1890 g/mol. The molecule has 27 rings (SSSR count). The van der Waals surface area contributed by atoms with Crippen molar-refractivity contribution in [3.05, 3.63) is 465 Å². The van der Waals surface area contributed by atoms with Crippen molar-refractivity contribution < 1.29 is 28.4 Å². The summed E-state index contributed by atoms with van der Waals surface area (Å²) in [6.07, 6.45) is 0. The summed E-state index contributed by atoms with van der Waals surface area (Å²) in [4.78, 5) is 2.33. The highest BCUT2D eigenvalue weighted by Crippen LogP contribution is 2.55. The second-order valence-electron chi connectivity index (χ2n) is 44.4. The van der Waals surface area contributed by atoms with Crippen molar-refractivity contribution in [3.63, 3.8) is 0 Å². The summed E-state index contributed by atoms with van der Waals surface area (Å²) in [6, 6.07) is 138. The van der Waals surface area contributed by atoms with Gasteiger partial charge in [-0.15, -0.1) is 0 Å². The molecule has 0 saturated heterocycles. The second kappa shape index (κ2) is 35.8. The van der Waals surface area contributed by atoms with E-state index in [4.69, 9.17) is 28.4 Å². The Kier molecular flexibility index (Phi) is 22.5. The van der Waals surface area contributed by atoms with Gasteiger partial charge in [-0.3, -0.25) is 0 Å². The van der Waals surface area contributed by atoms with Crippen LogP contribution in [0.3, 0.4) is 0 Å². The minimum Gasteiger partial charge on any atom is -0.458 e. The predicted molar refractivity (Wildman–Crippen MR) is 609 cm³/mol. The normalized spacial score (nSPS) is 14.3. The van der Waals surface area contributed by atoms with Crippen LogP contribution in [0.4, 0.5) is 17.1 Å². The lowest BCUT2D eigenvalue weighted by atomic mass is 9.34. The molecule has 6 aliphatic heterocycles. The van der Waals surface area contributed by atoms with Crippen molar-refractivity contribution in [2.75, 3.05) is 4.90 Å². The van der Waals surface area contributed by atoms with Gasteiger partial charge in [0.05, 0.1) is 5.69 Å². The molecule has 0 saturated carbocycles. The molecular formula is C136H118B3NO6. The van der Waals surface area contributed by atoms with Crippen LogP contribution in [-0.4, -0.2) is 20.1 Å². The molecule has 0 bridgehead atoms. The summed E-state index contributed by atoms with van der Waals surface area (Å²) in [7, 11) is 0. The van der Waals surface area contributed by atoms with E-state index in [0.29, 0.717) is 35.5 Å². The van der Waals surface area contributed by atoms with Crippen molar-refractivity contribution in [2.24, 2.45) is 0 Å². The Bertz CT molecular complexity index is 8190. The second-order valence-corrected chi connectivity index (χ2v) is 44.4. The monoisotopic (exact) mass is 1890 g/mol. The fourth-order valence-corrected chi connectivity index (χ4v) is 24.6. The number of anilines is 3. The highest BCUT2D eigenvalue weighted by molar-refractivity contribution is 6.99. The Morgan fingerprint density at radius 3 is 0.808 bits per heavy atom. The number of hydrogen-bond donors (Lipinski definition) is 0. The van der Waals surface area contributed by atoms with Gasteiger partial charge in [-0.2, -0.15) is 0 Å². The van der Waals surface area contributed by atoms with Gasteiger partial charge in [-0.1, -0.05) is 390 Å². The summed E-state index contributed by atoms with van der Waals surface area (Å²) >= 11 is 0. The summed E-state index contributed by atoms with van der Waals surface area (Å²) in [6.45, 7) is 36.5. The summed E-state index contributed by atoms with van der Waals surface area (Å²) < 4.78 is 41.3.